The van der Waals surface area contributed by atoms with Gasteiger partial charge in [0, 0.05) is 24.5 Å². The van der Waals surface area contributed by atoms with Crippen LogP contribution in [-0.2, 0) is 4.74 Å². The second-order valence-corrected chi connectivity index (χ2v) is 9.17. The van der Waals surface area contributed by atoms with Gasteiger partial charge in [-0.1, -0.05) is 6.07 Å². The second kappa shape index (κ2) is 10.5. The summed E-state index contributed by atoms with van der Waals surface area (Å²) in [5, 5.41) is 5.89. The van der Waals surface area contributed by atoms with E-state index in [1.807, 2.05) is 18.4 Å². The number of hydrazine groups is 1. The molecule has 0 unspecified atom stereocenters. The molecule has 0 saturated carbocycles. The summed E-state index contributed by atoms with van der Waals surface area (Å²) < 4.78 is 6.32. The van der Waals surface area contributed by atoms with Crippen LogP contribution in [0.5, 0.6) is 0 Å². The quantitative estimate of drug-likeness (QED) is 0.273. The number of nitrogens with two attached hydrogens (primary N) is 1. The van der Waals surface area contributed by atoms with Crippen molar-refractivity contribution in [3.63, 3.8) is 0 Å². The third kappa shape index (κ3) is 5.42. The molecule has 2 aromatic carbocycles. The van der Waals surface area contributed by atoms with Gasteiger partial charge in [0.1, 0.15) is 0 Å². The number of hydrogen-bond donors (Lipinski definition) is 2. The number of nitrogens with one attached hydrogen (secondary N) is 1. The lowest BCUT2D eigenvalue weighted by molar-refractivity contribution is 0.102. The van der Waals surface area contributed by atoms with Crippen molar-refractivity contribution in [2.45, 2.75) is 11.1 Å². The van der Waals surface area contributed by atoms with Crippen molar-refractivity contribution >= 4 is 52.2 Å². The average Bonchev–Trinajstić information content (AvgIpc) is 3.25. The van der Waals surface area contributed by atoms with Crippen molar-refractivity contribution in [1.82, 2.24) is 5.01 Å². The molecule has 1 aromatic heterocycles. The van der Waals surface area contributed by atoms with Gasteiger partial charge in [0.15, 0.2) is 0 Å². The Kier molecular flexibility index (Phi) is 7.79. The first-order valence-corrected chi connectivity index (χ1v) is 12.0. The Morgan fingerprint density at radius 2 is 1.81 bits per heavy atom. The third-order valence-electron chi connectivity index (χ3n) is 4.58. The van der Waals surface area contributed by atoms with Crippen LogP contribution >= 0.6 is 23.1 Å². The van der Waals surface area contributed by atoms with Gasteiger partial charge in [-0.2, -0.15) is 0 Å². The number of nitrogen functional groups attached to an aromatic ring is 1. The summed E-state index contributed by atoms with van der Waals surface area (Å²) in [6.07, 6.45) is 1.55. The lowest BCUT2D eigenvalue weighted by Gasteiger charge is -2.27. The number of thiophene rings is 1. The molecule has 0 fully saturated rings. The van der Waals surface area contributed by atoms with Crippen molar-refractivity contribution in [1.29, 1.82) is 0 Å². The molecule has 0 aliphatic rings. The van der Waals surface area contributed by atoms with Crippen LogP contribution in [0.2, 0.25) is 0 Å². The van der Waals surface area contributed by atoms with Gasteiger partial charge < -0.3 is 15.8 Å². The number of hydrogen-bond acceptors (Lipinski definition) is 7. The molecule has 0 aliphatic carbocycles. The highest BCUT2D eigenvalue weighted by Crippen LogP contribution is 2.35. The fraction of sp³-hybridized carbons (Fsp3) is 0.217. The molecule has 0 atom stereocenters. The normalized spacial score (nSPS) is 10.8. The van der Waals surface area contributed by atoms with Crippen molar-refractivity contribution in [3.05, 3.63) is 60.2 Å². The van der Waals surface area contributed by atoms with E-state index in [-0.39, 0.29) is 12.5 Å². The van der Waals surface area contributed by atoms with E-state index in [4.69, 9.17) is 10.5 Å². The Bertz CT molecular complexity index is 1100. The molecule has 0 saturated heterocycles. The number of rotatable bonds is 7. The fourth-order valence-corrected chi connectivity index (χ4v) is 4.58. The number of thioether (sulfide) groups is 1. The van der Waals surface area contributed by atoms with Gasteiger partial charge in [-0.15, -0.1) is 23.1 Å². The molecule has 0 spiro atoms. The molecule has 3 aromatic rings. The topological polar surface area (TPSA) is 87.9 Å². The van der Waals surface area contributed by atoms with Gasteiger partial charge in [-0.3, -0.25) is 4.79 Å². The highest BCUT2D eigenvalue weighted by Gasteiger charge is 2.20. The molecular formula is C23H26N4O3S2. The van der Waals surface area contributed by atoms with E-state index in [1.54, 1.807) is 79.5 Å². The van der Waals surface area contributed by atoms with Gasteiger partial charge in [0.25, 0.3) is 5.91 Å². The Labute approximate surface area is 196 Å². The Morgan fingerprint density at radius 1 is 1.09 bits per heavy atom. The van der Waals surface area contributed by atoms with E-state index in [0.29, 0.717) is 22.6 Å². The predicted octanol–water partition coefficient (Wildman–Crippen LogP) is 5.41. The summed E-state index contributed by atoms with van der Waals surface area (Å²) in [6, 6.07) is 16.5. The summed E-state index contributed by atoms with van der Waals surface area (Å²) in [4.78, 5) is 26.2. The molecule has 3 N–H and O–H groups in total. The first kappa shape index (κ1) is 23.6. The van der Waals surface area contributed by atoms with Crippen molar-refractivity contribution in [3.8, 4) is 10.4 Å². The van der Waals surface area contributed by atoms with Crippen LogP contribution in [0.15, 0.2) is 58.8 Å². The van der Waals surface area contributed by atoms with Crippen LogP contribution in [0.3, 0.4) is 0 Å². The van der Waals surface area contributed by atoms with Crippen LogP contribution in [-0.4, -0.2) is 44.0 Å². The minimum atomic E-state index is -0.488. The standard InChI is InChI=1S/C23H26N4O3S2/c1-5-30-23(29)27(26(2)3)17-9-6-15(7-10-17)22(28)25-19-14-16(8-11-18(19)24)20-12-13-21(31-4)32-20/h6-14H,5,24H2,1-4H3,(H,25,28). The van der Waals surface area contributed by atoms with Crippen LogP contribution in [0.1, 0.15) is 17.3 Å². The van der Waals surface area contributed by atoms with E-state index in [9.17, 15) is 9.59 Å². The third-order valence-corrected chi connectivity index (χ3v) is 6.80. The Morgan fingerprint density at radius 3 is 2.41 bits per heavy atom. The average molecular weight is 471 g/mol. The van der Waals surface area contributed by atoms with Crippen molar-refractivity contribution < 1.29 is 14.3 Å². The maximum absolute atomic E-state index is 12.8. The van der Waals surface area contributed by atoms with E-state index < -0.39 is 6.09 Å². The smallest absolute Gasteiger partial charge is 0.429 e. The zero-order valence-electron chi connectivity index (χ0n) is 18.4. The van der Waals surface area contributed by atoms with Crippen molar-refractivity contribution in [2.75, 3.05) is 43.0 Å². The van der Waals surface area contributed by atoms with Gasteiger partial charge in [0.05, 0.1) is 27.9 Å². The molecule has 2 amide bonds. The number of carbonyl (C=O) groups is 2. The van der Waals surface area contributed by atoms with Crippen LogP contribution in [0, 0.1) is 0 Å². The van der Waals surface area contributed by atoms with Gasteiger partial charge in [-0.25, -0.2) is 14.8 Å². The molecule has 0 aliphatic heterocycles. The van der Waals surface area contributed by atoms with E-state index >= 15 is 0 Å². The van der Waals surface area contributed by atoms with Gasteiger partial charge in [0.2, 0.25) is 0 Å². The molecule has 7 nitrogen and oxygen atoms in total. The Balaban J connectivity index is 1.78. The molecule has 32 heavy (non-hydrogen) atoms. The molecule has 168 valence electrons. The predicted molar refractivity (Wildman–Crippen MR) is 134 cm³/mol. The van der Waals surface area contributed by atoms with E-state index in [0.717, 1.165) is 10.4 Å². The molecular weight excluding hydrogens is 444 g/mol. The lowest BCUT2D eigenvalue weighted by atomic mass is 10.1. The number of ether oxygens (including phenoxy) is 1. The highest BCUT2D eigenvalue weighted by atomic mass is 32.2. The number of carbonyl (C=O) groups excluding carboxylic acids is 2. The summed E-state index contributed by atoms with van der Waals surface area (Å²) in [5.74, 6) is -0.288. The largest absolute Gasteiger partial charge is 0.448 e. The SMILES string of the molecule is CCOC(=O)N(c1ccc(C(=O)Nc2cc(-c3ccc(SC)s3)ccc2N)cc1)N(C)C. The first-order valence-electron chi connectivity index (χ1n) is 9.93. The number of amides is 2. The van der Waals surface area contributed by atoms with E-state index in [1.165, 1.54) is 9.22 Å². The highest BCUT2D eigenvalue weighted by molar-refractivity contribution is 8.00. The zero-order valence-corrected chi connectivity index (χ0v) is 20.0. The summed E-state index contributed by atoms with van der Waals surface area (Å²) >= 11 is 3.39. The monoisotopic (exact) mass is 470 g/mol. The number of nitrogens with zero attached hydrogens (tertiary/aromatic N) is 2. The molecule has 1 heterocycles. The second-order valence-electron chi connectivity index (χ2n) is 6.98. The minimum absolute atomic E-state index is 0.272. The van der Waals surface area contributed by atoms with E-state index in [2.05, 4.69) is 17.4 Å². The maximum atomic E-state index is 12.8. The molecule has 9 heteroatoms. The van der Waals surface area contributed by atoms with Crippen LogP contribution < -0.4 is 16.1 Å². The maximum Gasteiger partial charge on any atom is 0.429 e. The van der Waals surface area contributed by atoms with Crippen molar-refractivity contribution in [2.24, 2.45) is 0 Å². The minimum Gasteiger partial charge on any atom is -0.448 e. The molecule has 3 rings (SSSR count). The zero-order chi connectivity index (χ0) is 23.3. The summed E-state index contributed by atoms with van der Waals surface area (Å²) in [6.45, 7) is 2.02. The summed E-state index contributed by atoms with van der Waals surface area (Å²) in [5.41, 5.74) is 9.18. The van der Waals surface area contributed by atoms with Gasteiger partial charge >= 0.3 is 6.09 Å². The fourth-order valence-electron chi connectivity index (χ4n) is 3.04. The van der Waals surface area contributed by atoms with Crippen LogP contribution in [0.25, 0.3) is 10.4 Å². The molecule has 0 bridgehead atoms. The molecule has 0 radical (unpaired) electrons. The van der Waals surface area contributed by atoms with Crippen LogP contribution in [0.4, 0.5) is 21.9 Å². The first-order chi connectivity index (χ1) is 15.3. The summed E-state index contributed by atoms with van der Waals surface area (Å²) in [7, 11) is 3.48. The number of benzene rings is 2. The number of anilines is 3. The van der Waals surface area contributed by atoms with Gasteiger partial charge in [-0.05, 0) is 67.3 Å². The Hall–Kier alpha value is -3.01. The lowest BCUT2D eigenvalue weighted by Crippen LogP contribution is -2.42.